The van der Waals surface area contributed by atoms with Gasteiger partial charge in [0, 0.05) is 43.6 Å². The lowest BCUT2D eigenvalue weighted by atomic mass is 9.89. The van der Waals surface area contributed by atoms with Crippen molar-refractivity contribution in [2.75, 3.05) is 44.7 Å². The minimum absolute atomic E-state index is 0.159. The molecule has 0 aromatic carbocycles. The molecule has 2 atom stereocenters. The molecule has 2 fully saturated rings. The third kappa shape index (κ3) is 5.46. The van der Waals surface area contributed by atoms with Crippen molar-refractivity contribution in [2.45, 2.75) is 57.0 Å². The van der Waals surface area contributed by atoms with E-state index in [1.165, 1.54) is 30.0 Å². The highest BCUT2D eigenvalue weighted by Crippen LogP contribution is 2.33. The Kier molecular flexibility index (Phi) is 7.79. The van der Waals surface area contributed by atoms with Gasteiger partial charge in [-0.2, -0.15) is 15.2 Å². The van der Waals surface area contributed by atoms with Crippen LogP contribution in [0.2, 0.25) is 0 Å². The quantitative estimate of drug-likeness (QED) is 0.406. The molecule has 6 rings (SSSR count). The number of likely N-dealkylation sites (N-methyl/N-ethyl adjacent to an activating group) is 1. The van der Waals surface area contributed by atoms with Crippen LogP contribution in [0.5, 0.6) is 6.01 Å². The van der Waals surface area contributed by atoms with Gasteiger partial charge < -0.3 is 19.4 Å². The summed E-state index contributed by atoms with van der Waals surface area (Å²) in [6, 6.07) is 6.65. The lowest BCUT2D eigenvalue weighted by molar-refractivity contribution is -0.128. The van der Waals surface area contributed by atoms with Gasteiger partial charge in [0.05, 0.1) is 29.6 Å². The molecule has 0 spiro atoms. The predicted molar refractivity (Wildman–Crippen MR) is 156 cm³/mol. The van der Waals surface area contributed by atoms with E-state index in [9.17, 15) is 10.1 Å². The van der Waals surface area contributed by atoms with Gasteiger partial charge >= 0.3 is 6.01 Å². The number of carbonyl (C=O) groups excluding carboxylic acids is 1. The zero-order valence-electron chi connectivity index (χ0n) is 23.6. The van der Waals surface area contributed by atoms with Gasteiger partial charge in [-0.3, -0.25) is 9.78 Å². The number of carbonyl (C=O) groups is 1. The fraction of sp³-hybridized carbons (Fsp3) is 0.484. The molecule has 2 aliphatic heterocycles. The monoisotopic (exact) mass is 552 g/mol. The second-order valence-corrected chi connectivity index (χ2v) is 11.2. The van der Waals surface area contributed by atoms with E-state index in [1.54, 1.807) is 4.90 Å². The molecule has 0 saturated carbocycles. The summed E-state index contributed by atoms with van der Waals surface area (Å²) in [6.07, 6.45) is 12.1. The summed E-state index contributed by atoms with van der Waals surface area (Å²) >= 11 is 0. The molecule has 212 valence electrons. The lowest BCUT2D eigenvalue weighted by Gasteiger charge is -2.41. The molecule has 3 aromatic rings. The van der Waals surface area contributed by atoms with Gasteiger partial charge in [0.15, 0.2) is 5.65 Å². The number of ether oxygens (including phenoxy) is 1. The van der Waals surface area contributed by atoms with E-state index in [4.69, 9.17) is 19.7 Å². The maximum Gasteiger partial charge on any atom is 0.320 e. The molecular formula is C31H36N8O2. The molecule has 0 radical (unpaired) electrons. The number of hydrogen-bond acceptors (Lipinski definition) is 9. The molecule has 10 nitrogen and oxygen atoms in total. The maximum absolute atomic E-state index is 12.5. The summed E-state index contributed by atoms with van der Waals surface area (Å²) in [4.78, 5) is 37.9. The minimum Gasteiger partial charge on any atom is -0.462 e. The van der Waals surface area contributed by atoms with Crippen molar-refractivity contribution >= 4 is 22.8 Å². The zero-order valence-corrected chi connectivity index (χ0v) is 23.6. The molecule has 0 unspecified atom stereocenters. The number of hydrogen-bond donors (Lipinski definition) is 0. The summed E-state index contributed by atoms with van der Waals surface area (Å²) in [6.45, 7) is 6.72. The molecule has 41 heavy (non-hydrogen) atoms. The number of nitriles is 1. The highest BCUT2D eigenvalue weighted by molar-refractivity contribution is 5.90. The van der Waals surface area contributed by atoms with Crippen LogP contribution in [0.1, 0.15) is 43.2 Å². The molecule has 0 N–H and O–H groups in total. The summed E-state index contributed by atoms with van der Waals surface area (Å²) in [7, 11) is 2.12. The lowest BCUT2D eigenvalue weighted by Crippen LogP contribution is -2.55. The fourth-order valence-electron chi connectivity index (χ4n) is 6.41. The Morgan fingerprint density at radius 2 is 2.00 bits per heavy atom. The van der Waals surface area contributed by atoms with Gasteiger partial charge in [-0.25, -0.2) is 4.98 Å². The van der Waals surface area contributed by atoms with Gasteiger partial charge in [-0.05, 0) is 81.5 Å². The van der Waals surface area contributed by atoms with Crippen LogP contribution in [0.4, 0.5) is 5.82 Å². The SMILES string of the molecule is C=CC(=O)N1CCN(c2nc(OC[C@@H]3CCCN3C)nc3nc(-c4cncc5c4CCCC5)ccc23)C[C@@H]1CC#N. The Hall–Kier alpha value is -4.10. The van der Waals surface area contributed by atoms with Crippen molar-refractivity contribution in [3.8, 4) is 23.3 Å². The highest BCUT2D eigenvalue weighted by atomic mass is 16.5. The number of likely N-dealkylation sites (tertiary alicyclic amines) is 1. The fourth-order valence-corrected chi connectivity index (χ4v) is 6.41. The van der Waals surface area contributed by atoms with Crippen molar-refractivity contribution in [1.29, 1.82) is 5.26 Å². The Balaban J connectivity index is 1.38. The van der Waals surface area contributed by atoms with E-state index in [2.05, 4.69) is 34.5 Å². The molecular weight excluding hydrogens is 516 g/mol. The molecule has 0 bridgehead atoms. The number of aromatic nitrogens is 4. The number of rotatable bonds is 7. The van der Waals surface area contributed by atoms with Crippen LogP contribution >= 0.6 is 0 Å². The Bertz CT molecular complexity index is 1500. The van der Waals surface area contributed by atoms with Gasteiger partial charge in [0.1, 0.15) is 12.4 Å². The van der Waals surface area contributed by atoms with Crippen LogP contribution in [-0.4, -0.2) is 87.6 Å². The predicted octanol–water partition coefficient (Wildman–Crippen LogP) is 3.56. The molecule has 2 saturated heterocycles. The van der Waals surface area contributed by atoms with Crippen molar-refractivity contribution in [1.82, 2.24) is 29.7 Å². The maximum atomic E-state index is 12.5. The van der Waals surface area contributed by atoms with Crippen LogP contribution in [0.15, 0.2) is 37.2 Å². The van der Waals surface area contributed by atoms with Crippen molar-refractivity contribution in [3.63, 3.8) is 0 Å². The Morgan fingerprint density at radius 3 is 2.80 bits per heavy atom. The Morgan fingerprint density at radius 1 is 1.12 bits per heavy atom. The summed E-state index contributed by atoms with van der Waals surface area (Å²) < 4.78 is 6.21. The second-order valence-electron chi connectivity index (χ2n) is 11.2. The number of amides is 1. The van der Waals surface area contributed by atoms with E-state index < -0.39 is 0 Å². The average molecular weight is 553 g/mol. The molecule has 1 aliphatic carbocycles. The third-order valence-corrected chi connectivity index (χ3v) is 8.71. The van der Waals surface area contributed by atoms with E-state index in [0.717, 1.165) is 48.9 Å². The first-order valence-electron chi connectivity index (χ1n) is 14.6. The first-order chi connectivity index (χ1) is 20.1. The highest BCUT2D eigenvalue weighted by Gasteiger charge is 2.31. The van der Waals surface area contributed by atoms with Gasteiger partial charge in [-0.15, -0.1) is 0 Å². The smallest absolute Gasteiger partial charge is 0.320 e. The number of aryl methyl sites for hydroxylation is 1. The molecule has 3 aliphatic rings. The van der Waals surface area contributed by atoms with Crippen LogP contribution in [0, 0.1) is 11.3 Å². The topological polar surface area (TPSA) is 111 Å². The number of piperazine rings is 1. The molecule has 10 heteroatoms. The largest absolute Gasteiger partial charge is 0.462 e. The van der Waals surface area contributed by atoms with E-state index in [1.807, 2.05) is 24.5 Å². The summed E-state index contributed by atoms with van der Waals surface area (Å²) in [5.41, 5.74) is 5.11. The number of pyridine rings is 2. The number of fused-ring (bicyclic) bond motifs is 2. The minimum atomic E-state index is -0.269. The van der Waals surface area contributed by atoms with Crippen molar-refractivity contribution in [2.24, 2.45) is 0 Å². The normalized spacial score (nSPS) is 21.0. The van der Waals surface area contributed by atoms with Crippen molar-refractivity contribution < 1.29 is 9.53 Å². The van der Waals surface area contributed by atoms with Gasteiger partial charge in [0.2, 0.25) is 5.91 Å². The van der Waals surface area contributed by atoms with E-state index in [0.29, 0.717) is 49.8 Å². The number of nitrogens with zero attached hydrogens (tertiary/aromatic N) is 8. The first kappa shape index (κ1) is 27.1. The second kappa shape index (κ2) is 11.8. The number of anilines is 1. The van der Waals surface area contributed by atoms with Gasteiger partial charge in [0.25, 0.3) is 0 Å². The molecule has 1 amide bonds. The molecule has 3 aromatic heterocycles. The molecule has 5 heterocycles. The average Bonchev–Trinajstić information content (AvgIpc) is 3.43. The summed E-state index contributed by atoms with van der Waals surface area (Å²) in [5.74, 6) is 0.555. The standard InChI is InChI=1S/C31H36N8O2/c1-3-28(40)39-16-15-38(19-22(39)12-13-32)30-25-10-11-27(26-18-33-17-21-7-4-5-9-24(21)26)34-29(25)35-31(36-30)41-20-23-8-6-14-37(23)2/h3,10-11,17-18,22-23H,1,4-9,12,14-16,19-20H2,2H3/t22-,23-/m0/s1. The van der Waals surface area contributed by atoms with Crippen LogP contribution in [0.3, 0.4) is 0 Å². The van der Waals surface area contributed by atoms with Crippen molar-refractivity contribution in [3.05, 3.63) is 48.3 Å². The van der Waals surface area contributed by atoms with E-state index >= 15 is 0 Å². The Labute approximate surface area is 240 Å². The third-order valence-electron chi connectivity index (χ3n) is 8.71. The van der Waals surface area contributed by atoms with E-state index in [-0.39, 0.29) is 18.4 Å². The first-order valence-corrected chi connectivity index (χ1v) is 14.6. The van der Waals surface area contributed by atoms with Gasteiger partial charge in [-0.1, -0.05) is 6.58 Å². The zero-order chi connectivity index (χ0) is 28.3. The van der Waals surface area contributed by atoms with Crippen LogP contribution < -0.4 is 9.64 Å². The van der Waals surface area contributed by atoms with Crippen LogP contribution in [-0.2, 0) is 17.6 Å². The van der Waals surface area contributed by atoms with Crippen LogP contribution in [0.25, 0.3) is 22.3 Å². The summed E-state index contributed by atoms with van der Waals surface area (Å²) in [5, 5.41) is 10.3.